The first-order valence-electron chi connectivity index (χ1n) is 13.1. The third kappa shape index (κ3) is 10.2. The number of carbonyl (C=O) groups is 2. The highest BCUT2D eigenvalue weighted by Gasteiger charge is 2.34. The molecular weight excluding hydrogens is 440 g/mol. The second-order valence-electron chi connectivity index (χ2n) is 13.8. The first-order valence-corrected chi connectivity index (χ1v) is 13.1. The average Bonchev–Trinajstić information content (AvgIpc) is 2.64. The normalized spacial score (nSPS) is 13.2. The van der Waals surface area contributed by atoms with Crippen LogP contribution in [0.4, 0.5) is 0 Å². The van der Waals surface area contributed by atoms with Crippen molar-refractivity contribution in [2.24, 2.45) is 16.2 Å². The summed E-state index contributed by atoms with van der Waals surface area (Å²) in [5.41, 5.74) is 3.13. The number of rotatable bonds is 11. The Morgan fingerprint density at radius 2 is 1.26 bits per heavy atom. The Labute approximate surface area is 213 Å². The van der Waals surface area contributed by atoms with E-state index in [-0.39, 0.29) is 22.7 Å². The van der Waals surface area contributed by atoms with Crippen LogP contribution in [0, 0.1) is 16.2 Å². The second-order valence-corrected chi connectivity index (χ2v) is 13.8. The zero-order valence-corrected chi connectivity index (χ0v) is 23.6. The van der Waals surface area contributed by atoms with Crippen molar-refractivity contribution in [3.63, 3.8) is 0 Å². The van der Waals surface area contributed by atoms with Crippen molar-refractivity contribution in [1.82, 2.24) is 0 Å². The highest BCUT2D eigenvalue weighted by Crippen LogP contribution is 2.50. The average molecular weight is 489 g/mol. The van der Waals surface area contributed by atoms with E-state index < -0.39 is 17.4 Å². The van der Waals surface area contributed by atoms with Crippen molar-refractivity contribution in [3.05, 3.63) is 17.7 Å². The summed E-state index contributed by atoms with van der Waals surface area (Å²) in [5.74, 6) is -1.52. The Balaban J connectivity index is 0.000000453. The molecule has 0 spiro atoms. The summed E-state index contributed by atoms with van der Waals surface area (Å²) in [4.78, 5) is 22.5. The highest BCUT2D eigenvalue weighted by atomic mass is 16.4. The van der Waals surface area contributed by atoms with E-state index in [0.29, 0.717) is 37.9 Å². The van der Waals surface area contributed by atoms with E-state index in [9.17, 15) is 24.9 Å². The van der Waals surface area contributed by atoms with Crippen molar-refractivity contribution in [3.8, 4) is 16.9 Å². The predicted molar refractivity (Wildman–Crippen MR) is 139 cm³/mol. The summed E-state index contributed by atoms with van der Waals surface area (Å²) >= 11 is 0. The molecule has 0 aliphatic heterocycles. The number of benzene rings is 1. The Kier molecular flexibility index (Phi) is 10.4. The Morgan fingerprint density at radius 3 is 1.57 bits per heavy atom. The number of carboxylic acid groups (broad SMARTS) is 2. The van der Waals surface area contributed by atoms with Crippen LogP contribution in [0.2, 0.25) is 0 Å². The molecule has 0 bridgehead atoms. The van der Waals surface area contributed by atoms with Gasteiger partial charge in [-0.2, -0.15) is 0 Å². The molecule has 200 valence electrons. The summed E-state index contributed by atoms with van der Waals surface area (Å²) in [5, 5.41) is 31.7. The maximum atomic E-state index is 12.0. The van der Waals surface area contributed by atoms with Crippen LogP contribution >= 0.6 is 0 Å². The highest BCUT2D eigenvalue weighted by molar-refractivity contribution is 5.89. The van der Waals surface area contributed by atoms with Gasteiger partial charge in [-0.1, -0.05) is 75.2 Å². The molecule has 0 atom stereocenters. The largest absolute Gasteiger partial charge is 0.550 e. The van der Waals surface area contributed by atoms with Crippen molar-refractivity contribution in [2.45, 2.75) is 126 Å². The second kappa shape index (κ2) is 11.8. The van der Waals surface area contributed by atoms with E-state index in [0.717, 1.165) is 24.8 Å². The minimum atomic E-state index is -1.04. The van der Waals surface area contributed by atoms with E-state index in [2.05, 4.69) is 68.4 Å². The number of unbranched alkanes of at least 4 members (excludes halogenated alkanes) is 2. The van der Waals surface area contributed by atoms with Crippen LogP contribution in [0.25, 0.3) is 11.1 Å². The topological polar surface area (TPSA) is 100 Å². The van der Waals surface area contributed by atoms with Crippen LogP contribution in [-0.2, 0) is 15.0 Å². The lowest BCUT2D eigenvalue weighted by atomic mass is 9.69. The van der Waals surface area contributed by atoms with Gasteiger partial charge in [0.05, 0.1) is 0 Å². The maximum absolute atomic E-state index is 12.0. The van der Waals surface area contributed by atoms with Gasteiger partial charge in [0.25, 0.3) is 0 Å². The van der Waals surface area contributed by atoms with Crippen molar-refractivity contribution < 1.29 is 24.9 Å². The molecular formula is C30H48O5-2. The molecule has 0 heterocycles. The lowest BCUT2D eigenvalue weighted by Crippen LogP contribution is -2.43. The molecule has 1 N–H and O–H groups in total. The zero-order chi connectivity index (χ0) is 27.2. The molecule has 0 aromatic heterocycles. The molecule has 0 aromatic carbocycles. The molecule has 2 aliphatic rings. The van der Waals surface area contributed by atoms with Gasteiger partial charge in [0.15, 0.2) is 0 Å². The fourth-order valence-electron chi connectivity index (χ4n) is 4.33. The number of aliphatic carboxylic acids is 2. The van der Waals surface area contributed by atoms with Gasteiger partial charge in [-0.05, 0) is 84.5 Å². The Bertz CT molecular complexity index is 844. The molecule has 0 fully saturated rings. The number of hydrogen-bond acceptors (Lipinski definition) is 5. The maximum Gasteiger partial charge on any atom is 0.124 e. The van der Waals surface area contributed by atoms with Gasteiger partial charge in [0.2, 0.25) is 0 Å². The molecule has 0 aromatic rings. The van der Waals surface area contributed by atoms with Crippen molar-refractivity contribution in [1.29, 1.82) is 0 Å². The lowest BCUT2D eigenvalue weighted by Gasteiger charge is -2.39. The van der Waals surface area contributed by atoms with Gasteiger partial charge in [0, 0.05) is 22.9 Å². The lowest BCUT2D eigenvalue weighted by molar-refractivity contribution is -0.321. The fraction of sp³-hybridized carbons (Fsp3) is 0.733. The summed E-state index contributed by atoms with van der Waals surface area (Å²) in [7, 11) is 0. The monoisotopic (exact) mass is 488 g/mol. The molecule has 0 unspecified atom stereocenters. The molecule has 35 heavy (non-hydrogen) atoms. The van der Waals surface area contributed by atoms with E-state index in [1.165, 1.54) is 11.1 Å². The summed E-state index contributed by atoms with van der Waals surface area (Å²) in [6.07, 6.45) is 5.50. The summed E-state index contributed by atoms with van der Waals surface area (Å²) in [6, 6.07) is 3.96. The quantitative estimate of drug-likeness (QED) is 0.406. The van der Waals surface area contributed by atoms with Crippen LogP contribution in [0.5, 0.6) is 5.75 Å². The van der Waals surface area contributed by atoms with Crippen molar-refractivity contribution >= 4 is 11.9 Å². The smallest absolute Gasteiger partial charge is 0.124 e. The molecule has 2 aliphatic carbocycles. The molecule has 5 heteroatoms. The van der Waals surface area contributed by atoms with Gasteiger partial charge in [-0.3, -0.25) is 0 Å². The number of carboxylic acids is 2. The minimum Gasteiger partial charge on any atom is -0.550 e. The van der Waals surface area contributed by atoms with Crippen LogP contribution in [-0.4, -0.2) is 17.0 Å². The third-order valence-corrected chi connectivity index (χ3v) is 6.89. The Morgan fingerprint density at radius 1 is 0.743 bits per heavy atom. The van der Waals surface area contributed by atoms with Crippen LogP contribution in [0.3, 0.4) is 0 Å². The van der Waals surface area contributed by atoms with Crippen LogP contribution < -0.4 is 10.2 Å². The van der Waals surface area contributed by atoms with Gasteiger partial charge < -0.3 is 24.9 Å². The zero-order valence-electron chi connectivity index (χ0n) is 23.6. The number of phenols is 1. The number of hydrogen-bond donors (Lipinski definition) is 1. The summed E-state index contributed by atoms with van der Waals surface area (Å²) < 4.78 is 0. The Hall–Kier alpha value is -2.04. The standard InChI is InChI=1S/C20H38O4.C10H12O/c1-18(2,3)12-14-20(17(23)24,15-13-19(4,5)6)11-9-7-8-10-16(21)22;1-10(2,3)7-4-6-5-8(11)9(6)7/h7-15H2,1-6H3,(H,21,22)(H,23,24);4-5,11H,1-3H3/p-2. The van der Waals surface area contributed by atoms with E-state index in [1.54, 1.807) is 0 Å². The van der Waals surface area contributed by atoms with Crippen LogP contribution in [0.1, 0.15) is 126 Å². The van der Waals surface area contributed by atoms with E-state index in [1.807, 2.05) is 6.07 Å². The molecule has 0 saturated carbocycles. The minimum absolute atomic E-state index is 0.0440. The van der Waals surface area contributed by atoms with E-state index >= 15 is 0 Å². The first kappa shape index (κ1) is 31.0. The van der Waals surface area contributed by atoms with Gasteiger partial charge in [-0.15, -0.1) is 0 Å². The summed E-state index contributed by atoms with van der Waals surface area (Å²) in [6.45, 7) is 19.2. The fourth-order valence-corrected chi connectivity index (χ4v) is 4.33. The van der Waals surface area contributed by atoms with Gasteiger partial charge in [0.1, 0.15) is 5.75 Å². The van der Waals surface area contributed by atoms with Crippen molar-refractivity contribution in [2.75, 3.05) is 0 Å². The van der Waals surface area contributed by atoms with Gasteiger partial charge in [-0.25, -0.2) is 0 Å². The number of carbonyl (C=O) groups excluding carboxylic acids is 2. The molecule has 0 radical (unpaired) electrons. The SMILES string of the molecule is CC(C)(C)CCC(CCCCCC(=O)[O-])(CCC(C)(C)C)C(=O)[O-].CC(C)(C)c1cc2cc(O)c1-2. The molecule has 0 amide bonds. The molecule has 2 rings (SSSR count). The molecule has 0 saturated heterocycles. The van der Waals surface area contributed by atoms with Crippen LogP contribution in [0.15, 0.2) is 12.1 Å². The third-order valence-electron chi connectivity index (χ3n) is 6.89. The first-order chi connectivity index (χ1) is 15.8. The number of phenolic OH excluding ortho intramolecular Hbond substituents is 1. The molecule has 5 nitrogen and oxygen atoms in total. The van der Waals surface area contributed by atoms with E-state index in [4.69, 9.17) is 0 Å². The van der Waals surface area contributed by atoms with Gasteiger partial charge >= 0.3 is 0 Å². The predicted octanol–water partition coefficient (Wildman–Crippen LogP) is 5.75. The number of fused-ring (bicyclic) bond motifs is 1. The number of aromatic hydroxyl groups is 1.